The maximum atomic E-state index is 9.89. The summed E-state index contributed by atoms with van der Waals surface area (Å²) in [6.45, 7) is 0. The highest BCUT2D eigenvalue weighted by atomic mass is 15.1. The first kappa shape index (κ1) is 25.5. The fraction of sp³-hybridized carbons (Fsp3) is 0. The van der Waals surface area contributed by atoms with Crippen molar-refractivity contribution >= 4 is 49.4 Å². The van der Waals surface area contributed by atoms with E-state index in [-0.39, 0.29) is 16.7 Å². The molecular weight excluding hydrogens is 735 g/mol. The van der Waals surface area contributed by atoms with E-state index < -0.39 is 89.6 Å². The second-order valence-corrected chi connectivity index (χ2v) is 14.8. The van der Waals surface area contributed by atoms with E-state index in [0.29, 0.717) is 22.3 Å². The Balaban J connectivity index is 1.16. The third kappa shape index (κ3) is 7.03. The van der Waals surface area contributed by atoms with Crippen LogP contribution in [0.15, 0.2) is 248 Å². The predicted molar refractivity (Wildman–Crippen MR) is 261 cm³/mol. The zero-order valence-corrected chi connectivity index (χ0v) is 32.7. The summed E-state index contributed by atoms with van der Waals surface area (Å²) in [5, 5.41) is 5.45. The summed E-state index contributed by atoms with van der Waals surface area (Å²) in [5.41, 5.74) is 2.45. The number of anilines is 3. The maximum absolute atomic E-state index is 9.89. The molecule has 0 saturated heterocycles. The van der Waals surface area contributed by atoms with Gasteiger partial charge in [0, 0.05) is 17.1 Å². The van der Waals surface area contributed by atoms with E-state index in [2.05, 4.69) is 6.07 Å². The quantitative estimate of drug-likeness (QED) is 0.148. The predicted octanol–water partition coefficient (Wildman–Crippen LogP) is 17.0. The molecule has 0 aromatic heterocycles. The Morgan fingerprint density at radius 1 is 0.295 bits per heavy atom. The van der Waals surface area contributed by atoms with Crippen molar-refractivity contribution in [3.05, 3.63) is 248 Å². The Hall–Kier alpha value is -8.00. The molecule has 61 heavy (non-hydrogen) atoms. The minimum absolute atomic E-state index is 0.0536. The van der Waals surface area contributed by atoms with E-state index in [4.69, 9.17) is 1.37 Å². The third-order valence-electron chi connectivity index (χ3n) is 11.1. The molecule has 11 aromatic carbocycles. The first-order chi connectivity index (χ1) is 35.2. The van der Waals surface area contributed by atoms with Crippen LogP contribution in [0, 0.1) is 0 Å². The van der Waals surface area contributed by atoms with Gasteiger partial charge in [-0.3, -0.25) is 0 Å². The van der Waals surface area contributed by atoms with Crippen molar-refractivity contribution in [1.82, 2.24) is 0 Å². The molecule has 0 aliphatic rings. The molecule has 0 amide bonds. The fourth-order valence-electron chi connectivity index (χ4n) is 7.98. The molecule has 1 nitrogen and oxygen atoms in total. The molecule has 0 aliphatic carbocycles. The van der Waals surface area contributed by atoms with E-state index in [1.165, 1.54) is 0 Å². The van der Waals surface area contributed by atoms with E-state index in [1.54, 1.807) is 36.4 Å². The number of hydrogen-bond donors (Lipinski definition) is 0. The molecule has 0 N–H and O–H groups in total. The molecule has 0 fully saturated rings. The standard InChI is InChI=1S/C60H41N/c1-2-14-49(15-3-1)60-58-20-9-8-13-47(58)33-38-59(60)48-31-36-56(37-32-48)61(57-19-10-18-52(41-57)54-28-26-43-12-5-7-17-51(43)40-54)55-34-29-45(30-35-55)44-21-23-46(24-22-44)53-27-25-42-11-4-6-16-50(42)39-53/h1-41H/i10D,18D,19D,29D,30D,31D,32D,34D,35D,36D,37D,41D. The molecule has 0 atom stereocenters. The van der Waals surface area contributed by atoms with Crippen LogP contribution >= 0.6 is 0 Å². The average molecular weight is 788 g/mol. The van der Waals surface area contributed by atoms with Gasteiger partial charge in [-0.2, -0.15) is 0 Å². The lowest BCUT2D eigenvalue weighted by molar-refractivity contribution is 1.28. The highest BCUT2D eigenvalue weighted by molar-refractivity contribution is 6.04. The van der Waals surface area contributed by atoms with Crippen molar-refractivity contribution in [2.45, 2.75) is 0 Å². The van der Waals surface area contributed by atoms with Crippen LogP contribution in [0.25, 0.3) is 88.0 Å². The molecule has 286 valence electrons. The number of nitrogens with zero attached hydrogens (tertiary/aromatic N) is 1. The van der Waals surface area contributed by atoms with Gasteiger partial charge in [-0.1, -0.05) is 200 Å². The minimum Gasteiger partial charge on any atom is -0.310 e. The van der Waals surface area contributed by atoms with Gasteiger partial charge in [-0.25, -0.2) is 0 Å². The third-order valence-corrected chi connectivity index (χ3v) is 11.1. The van der Waals surface area contributed by atoms with Gasteiger partial charge in [0.25, 0.3) is 0 Å². The van der Waals surface area contributed by atoms with Crippen LogP contribution in [0.5, 0.6) is 0 Å². The maximum Gasteiger partial charge on any atom is 0.0651 e. The van der Waals surface area contributed by atoms with Gasteiger partial charge in [0.05, 0.1) is 16.4 Å². The molecule has 0 saturated carbocycles. The number of hydrogen-bond acceptors (Lipinski definition) is 1. The average Bonchev–Trinajstić information content (AvgIpc) is 3.41. The Labute approximate surface area is 373 Å². The lowest BCUT2D eigenvalue weighted by atomic mass is 9.90. The van der Waals surface area contributed by atoms with Gasteiger partial charge in [-0.05, 0) is 136 Å². The highest BCUT2D eigenvalue weighted by Gasteiger charge is 2.17. The van der Waals surface area contributed by atoms with Crippen LogP contribution in [0.4, 0.5) is 17.1 Å². The second kappa shape index (κ2) is 15.6. The minimum atomic E-state index is -0.730. The lowest BCUT2D eigenvalue weighted by Crippen LogP contribution is -2.10. The fourth-order valence-corrected chi connectivity index (χ4v) is 7.98. The van der Waals surface area contributed by atoms with Crippen LogP contribution in [0.2, 0.25) is 0 Å². The SMILES string of the molecule is [2H]c1c([2H])c(-c2ccc3ccccc3c2)c([2H])c(N(c2c([2H])c([2H])c(-c3ccc(-c4ccc5ccccc5c4)cc3)c([2H])c2[2H])c2c([2H])c([2H])c(-c3ccc4ccccc4c3-c3ccccc3)c([2H])c2[2H])c1[2H]. The molecule has 0 spiro atoms. The molecule has 0 aliphatic heterocycles. The Kier molecular flexibility index (Phi) is 6.53. The summed E-state index contributed by atoms with van der Waals surface area (Å²) < 4.78 is 115. The molecule has 11 rings (SSSR count). The van der Waals surface area contributed by atoms with Crippen molar-refractivity contribution in [2.24, 2.45) is 0 Å². The molecule has 0 radical (unpaired) electrons. The lowest BCUT2D eigenvalue weighted by Gasteiger charge is -2.26. The molecular formula is C60H41N. The van der Waals surface area contributed by atoms with Crippen molar-refractivity contribution in [3.63, 3.8) is 0 Å². The monoisotopic (exact) mass is 787 g/mol. The van der Waals surface area contributed by atoms with E-state index in [0.717, 1.165) is 53.9 Å². The van der Waals surface area contributed by atoms with Crippen molar-refractivity contribution in [2.75, 3.05) is 4.90 Å². The van der Waals surface area contributed by atoms with Crippen molar-refractivity contribution in [3.8, 4) is 55.6 Å². The normalized spacial score (nSPS) is 14.0. The van der Waals surface area contributed by atoms with Gasteiger partial charge in [-0.15, -0.1) is 0 Å². The van der Waals surface area contributed by atoms with Crippen molar-refractivity contribution in [1.29, 1.82) is 0 Å². The summed E-state index contributed by atoms with van der Waals surface area (Å²) in [6.07, 6.45) is 0. The zero-order chi connectivity index (χ0) is 51.0. The van der Waals surface area contributed by atoms with Crippen LogP contribution in [-0.2, 0) is 0 Å². The van der Waals surface area contributed by atoms with Gasteiger partial charge in [0.1, 0.15) is 0 Å². The summed E-state index contributed by atoms with van der Waals surface area (Å²) in [5.74, 6) is 0. The summed E-state index contributed by atoms with van der Waals surface area (Å²) in [7, 11) is 0. The Morgan fingerprint density at radius 3 is 1.43 bits per heavy atom. The van der Waals surface area contributed by atoms with E-state index in [1.807, 2.05) is 133 Å². The van der Waals surface area contributed by atoms with Crippen LogP contribution in [-0.4, -0.2) is 0 Å². The van der Waals surface area contributed by atoms with Crippen LogP contribution in [0.3, 0.4) is 0 Å². The molecule has 0 bridgehead atoms. The molecule has 1 heteroatoms. The van der Waals surface area contributed by atoms with Gasteiger partial charge in [0.15, 0.2) is 0 Å². The van der Waals surface area contributed by atoms with E-state index >= 15 is 0 Å². The highest BCUT2D eigenvalue weighted by Crippen LogP contribution is 2.42. The first-order valence-electron chi connectivity index (χ1n) is 26.0. The molecule has 0 unspecified atom stereocenters. The van der Waals surface area contributed by atoms with Gasteiger partial charge < -0.3 is 4.90 Å². The summed E-state index contributed by atoms with van der Waals surface area (Å²) in [4.78, 5) is 0.906. The number of fused-ring (bicyclic) bond motifs is 3. The smallest absolute Gasteiger partial charge is 0.0651 e. The Bertz CT molecular complexity index is 4000. The Morgan fingerprint density at radius 2 is 0.787 bits per heavy atom. The van der Waals surface area contributed by atoms with Crippen LogP contribution in [0.1, 0.15) is 16.4 Å². The number of rotatable bonds is 8. The van der Waals surface area contributed by atoms with Crippen LogP contribution < -0.4 is 4.90 Å². The largest absolute Gasteiger partial charge is 0.310 e. The molecule has 0 heterocycles. The zero-order valence-electron chi connectivity index (χ0n) is 44.7. The van der Waals surface area contributed by atoms with Gasteiger partial charge in [0.2, 0.25) is 0 Å². The van der Waals surface area contributed by atoms with Gasteiger partial charge >= 0.3 is 0 Å². The molecule has 11 aromatic rings. The first-order valence-corrected chi connectivity index (χ1v) is 20.0. The van der Waals surface area contributed by atoms with E-state index in [9.17, 15) is 15.1 Å². The summed E-state index contributed by atoms with van der Waals surface area (Å²) >= 11 is 0. The summed E-state index contributed by atoms with van der Waals surface area (Å²) in [6, 6.07) is 47.4. The number of benzene rings is 11. The second-order valence-electron chi connectivity index (χ2n) is 14.8. The topological polar surface area (TPSA) is 3.24 Å². The van der Waals surface area contributed by atoms with Crippen molar-refractivity contribution < 1.29 is 16.4 Å².